The molecule has 1 aromatic heterocycles. The van der Waals surface area contributed by atoms with E-state index in [0.717, 1.165) is 16.6 Å². The number of nitrogens with zero attached hydrogens (tertiary/aromatic N) is 1. The number of aromatic nitrogens is 1. The standard InChI is InChI=1S/C16H25BrN2O/c1-11(2)19-10-13(17)9-15(19)16(20)18-14-8-6-4-5-7-12(14)3/h9-12,14H,4-8H2,1-3H3,(H,18,20). The number of hydrogen-bond acceptors (Lipinski definition) is 1. The second kappa shape index (κ2) is 6.79. The van der Waals surface area contributed by atoms with E-state index in [1.807, 2.05) is 16.8 Å². The van der Waals surface area contributed by atoms with Gasteiger partial charge in [-0.3, -0.25) is 4.79 Å². The molecular weight excluding hydrogens is 316 g/mol. The van der Waals surface area contributed by atoms with Crippen LogP contribution in [0.3, 0.4) is 0 Å². The molecule has 1 saturated carbocycles. The summed E-state index contributed by atoms with van der Waals surface area (Å²) in [6, 6.07) is 2.52. The highest BCUT2D eigenvalue weighted by Crippen LogP contribution is 2.24. The Hall–Kier alpha value is -0.770. The lowest BCUT2D eigenvalue weighted by molar-refractivity contribution is 0.0910. The smallest absolute Gasteiger partial charge is 0.268 e. The fourth-order valence-corrected chi connectivity index (χ4v) is 3.44. The van der Waals surface area contributed by atoms with Gasteiger partial charge in [-0.2, -0.15) is 0 Å². The van der Waals surface area contributed by atoms with Crippen molar-refractivity contribution >= 4 is 21.8 Å². The molecule has 1 heterocycles. The molecule has 1 fully saturated rings. The zero-order valence-corrected chi connectivity index (χ0v) is 14.2. The summed E-state index contributed by atoms with van der Waals surface area (Å²) in [5.74, 6) is 0.635. The van der Waals surface area contributed by atoms with Gasteiger partial charge in [0.05, 0.1) is 0 Å². The van der Waals surface area contributed by atoms with E-state index in [9.17, 15) is 4.79 Å². The van der Waals surface area contributed by atoms with Gasteiger partial charge in [0.1, 0.15) is 5.69 Å². The summed E-state index contributed by atoms with van der Waals surface area (Å²) in [5.41, 5.74) is 0.753. The van der Waals surface area contributed by atoms with Gasteiger partial charge >= 0.3 is 0 Å². The van der Waals surface area contributed by atoms with Crippen LogP contribution in [0, 0.1) is 5.92 Å². The maximum atomic E-state index is 12.6. The predicted octanol–water partition coefficient (Wildman–Crippen LogP) is 4.53. The molecule has 1 aliphatic carbocycles. The Bertz CT molecular complexity index is 467. The van der Waals surface area contributed by atoms with Crippen LogP contribution in [0.15, 0.2) is 16.7 Å². The summed E-state index contributed by atoms with van der Waals surface area (Å²) in [6.07, 6.45) is 8.13. The van der Waals surface area contributed by atoms with Crippen molar-refractivity contribution in [2.45, 2.75) is 65.0 Å². The van der Waals surface area contributed by atoms with Crippen molar-refractivity contribution in [3.05, 3.63) is 22.4 Å². The lowest BCUT2D eigenvalue weighted by Crippen LogP contribution is -2.39. The minimum Gasteiger partial charge on any atom is -0.348 e. The van der Waals surface area contributed by atoms with Crippen LogP contribution >= 0.6 is 15.9 Å². The van der Waals surface area contributed by atoms with Crippen LogP contribution in [0.25, 0.3) is 0 Å². The molecular formula is C16H25BrN2O. The Balaban J connectivity index is 2.11. The van der Waals surface area contributed by atoms with Crippen molar-refractivity contribution in [2.24, 2.45) is 5.92 Å². The molecule has 112 valence electrons. The van der Waals surface area contributed by atoms with Crippen LogP contribution < -0.4 is 5.32 Å². The first-order valence-corrected chi connectivity index (χ1v) is 8.46. The van der Waals surface area contributed by atoms with Gasteiger partial charge in [-0.05, 0) is 54.6 Å². The molecule has 3 nitrogen and oxygen atoms in total. The quantitative estimate of drug-likeness (QED) is 0.805. The van der Waals surface area contributed by atoms with E-state index in [1.165, 1.54) is 25.7 Å². The third-order valence-corrected chi connectivity index (χ3v) is 4.72. The van der Waals surface area contributed by atoms with E-state index in [0.29, 0.717) is 12.0 Å². The Kier molecular flexibility index (Phi) is 5.30. The Morgan fingerprint density at radius 2 is 2.05 bits per heavy atom. The molecule has 1 aliphatic rings. The molecule has 1 amide bonds. The molecule has 2 atom stereocenters. The van der Waals surface area contributed by atoms with E-state index in [2.05, 4.69) is 42.0 Å². The van der Waals surface area contributed by atoms with Gasteiger partial charge in [-0.1, -0.05) is 26.2 Å². The van der Waals surface area contributed by atoms with Gasteiger partial charge in [0.25, 0.3) is 5.91 Å². The zero-order chi connectivity index (χ0) is 14.7. The number of amides is 1. The fourth-order valence-electron chi connectivity index (χ4n) is 3.00. The molecule has 4 heteroatoms. The highest BCUT2D eigenvalue weighted by Gasteiger charge is 2.23. The van der Waals surface area contributed by atoms with Crippen LogP contribution in [0.2, 0.25) is 0 Å². The fraction of sp³-hybridized carbons (Fsp3) is 0.688. The molecule has 2 rings (SSSR count). The second-order valence-corrected chi connectivity index (χ2v) is 7.16. The first kappa shape index (κ1) is 15.6. The van der Waals surface area contributed by atoms with Gasteiger partial charge in [-0.15, -0.1) is 0 Å². The average molecular weight is 341 g/mol. The second-order valence-electron chi connectivity index (χ2n) is 6.24. The topological polar surface area (TPSA) is 34.0 Å². The third-order valence-electron chi connectivity index (χ3n) is 4.28. The number of carbonyl (C=O) groups excluding carboxylic acids is 1. The van der Waals surface area contributed by atoms with Crippen molar-refractivity contribution in [2.75, 3.05) is 0 Å². The molecule has 0 radical (unpaired) electrons. The first-order chi connectivity index (χ1) is 9.49. The molecule has 0 spiro atoms. The van der Waals surface area contributed by atoms with Crippen LogP contribution in [0.1, 0.15) is 69.4 Å². The summed E-state index contributed by atoms with van der Waals surface area (Å²) in [6.45, 7) is 6.45. The summed E-state index contributed by atoms with van der Waals surface area (Å²) in [5, 5.41) is 3.25. The molecule has 0 saturated heterocycles. The lowest BCUT2D eigenvalue weighted by Gasteiger charge is -2.23. The van der Waals surface area contributed by atoms with Crippen LogP contribution in [-0.4, -0.2) is 16.5 Å². The number of rotatable bonds is 3. The van der Waals surface area contributed by atoms with E-state index in [-0.39, 0.29) is 11.9 Å². The Morgan fingerprint density at radius 3 is 2.75 bits per heavy atom. The average Bonchev–Trinajstić information content (AvgIpc) is 2.68. The van der Waals surface area contributed by atoms with Crippen molar-refractivity contribution in [3.8, 4) is 0 Å². The zero-order valence-electron chi connectivity index (χ0n) is 12.7. The highest BCUT2D eigenvalue weighted by molar-refractivity contribution is 9.10. The van der Waals surface area contributed by atoms with Crippen LogP contribution in [-0.2, 0) is 0 Å². The number of carbonyl (C=O) groups is 1. The van der Waals surface area contributed by atoms with E-state index in [4.69, 9.17) is 0 Å². The predicted molar refractivity (Wildman–Crippen MR) is 86.0 cm³/mol. The molecule has 20 heavy (non-hydrogen) atoms. The van der Waals surface area contributed by atoms with Gasteiger partial charge < -0.3 is 9.88 Å². The number of halogens is 1. The van der Waals surface area contributed by atoms with Crippen molar-refractivity contribution < 1.29 is 4.79 Å². The van der Waals surface area contributed by atoms with Gasteiger partial charge in [0.2, 0.25) is 0 Å². The van der Waals surface area contributed by atoms with E-state index < -0.39 is 0 Å². The highest BCUT2D eigenvalue weighted by atomic mass is 79.9. The van der Waals surface area contributed by atoms with Gasteiger partial charge in [0, 0.05) is 22.8 Å². The number of nitrogens with one attached hydrogen (secondary N) is 1. The summed E-state index contributed by atoms with van der Waals surface area (Å²) >= 11 is 3.47. The molecule has 1 N–H and O–H groups in total. The van der Waals surface area contributed by atoms with Crippen molar-refractivity contribution in [1.29, 1.82) is 0 Å². The molecule has 2 unspecified atom stereocenters. The minimum atomic E-state index is 0.0585. The van der Waals surface area contributed by atoms with Crippen LogP contribution in [0.5, 0.6) is 0 Å². The van der Waals surface area contributed by atoms with E-state index >= 15 is 0 Å². The minimum absolute atomic E-state index is 0.0585. The monoisotopic (exact) mass is 340 g/mol. The third kappa shape index (κ3) is 3.66. The van der Waals surface area contributed by atoms with Gasteiger partial charge in [0.15, 0.2) is 0 Å². The number of hydrogen-bond donors (Lipinski definition) is 1. The first-order valence-electron chi connectivity index (χ1n) is 7.67. The summed E-state index contributed by atoms with van der Waals surface area (Å²) in [7, 11) is 0. The molecule has 1 aromatic rings. The lowest BCUT2D eigenvalue weighted by atomic mass is 9.97. The van der Waals surface area contributed by atoms with E-state index in [1.54, 1.807) is 0 Å². The normalized spacial score (nSPS) is 23.6. The molecule has 0 aliphatic heterocycles. The maximum absolute atomic E-state index is 12.6. The molecule has 0 bridgehead atoms. The molecule has 0 aromatic carbocycles. The van der Waals surface area contributed by atoms with Gasteiger partial charge in [-0.25, -0.2) is 0 Å². The summed E-state index contributed by atoms with van der Waals surface area (Å²) in [4.78, 5) is 12.6. The van der Waals surface area contributed by atoms with Crippen LogP contribution in [0.4, 0.5) is 0 Å². The Morgan fingerprint density at radius 1 is 1.35 bits per heavy atom. The SMILES string of the molecule is CC1CCCCCC1NC(=O)c1cc(Br)cn1C(C)C. The maximum Gasteiger partial charge on any atom is 0.268 e. The van der Waals surface area contributed by atoms with Crippen molar-refractivity contribution in [1.82, 2.24) is 9.88 Å². The summed E-state index contributed by atoms with van der Waals surface area (Å²) < 4.78 is 2.99. The largest absolute Gasteiger partial charge is 0.348 e. The Labute approximate surface area is 130 Å². The van der Waals surface area contributed by atoms with Crippen molar-refractivity contribution in [3.63, 3.8) is 0 Å².